The molecule has 0 fully saturated rings. The quantitative estimate of drug-likeness (QED) is 0.871. The second-order valence-electron chi connectivity index (χ2n) is 4.46. The zero-order valence-corrected chi connectivity index (χ0v) is 11.9. The largest absolute Gasteiger partial charge is 0.497 e. The number of hydrogen-bond acceptors (Lipinski definition) is 3. The fourth-order valence-corrected chi connectivity index (χ4v) is 2.39. The van der Waals surface area contributed by atoms with Crippen LogP contribution in [-0.2, 0) is 11.8 Å². The van der Waals surface area contributed by atoms with Crippen molar-refractivity contribution in [3.05, 3.63) is 29.5 Å². The zero-order valence-electron chi connectivity index (χ0n) is 11.9. The number of ether oxygens (including phenoxy) is 2. The van der Waals surface area contributed by atoms with Gasteiger partial charge in [-0.2, -0.15) is 0 Å². The summed E-state index contributed by atoms with van der Waals surface area (Å²) in [6.45, 7) is 1.94. The Balaban J connectivity index is 2.77. The highest BCUT2D eigenvalue weighted by Gasteiger charge is 2.15. The van der Waals surface area contributed by atoms with Gasteiger partial charge in [0.15, 0.2) is 0 Å². The summed E-state index contributed by atoms with van der Waals surface area (Å²) in [5.41, 5.74) is 2.73. The molecule has 0 radical (unpaired) electrons. The Morgan fingerprint density at radius 3 is 2.55 bits per heavy atom. The van der Waals surface area contributed by atoms with E-state index in [1.165, 1.54) is 0 Å². The summed E-state index contributed by atoms with van der Waals surface area (Å²) in [6, 6.07) is 3.73. The highest BCUT2D eigenvalue weighted by molar-refractivity contribution is 5.95. The average molecular weight is 275 g/mol. The van der Waals surface area contributed by atoms with Crippen LogP contribution in [0.5, 0.6) is 11.5 Å². The maximum atomic E-state index is 10.7. The molecule has 0 atom stereocenters. The molecule has 0 aliphatic carbocycles. The van der Waals surface area contributed by atoms with Gasteiger partial charge in [-0.1, -0.05) is 0 Å². The Morgan fingerprint density at radius 1 is 1.30 bits per heavy atom. The first-order valence-corrected chi connectivity index (χ1v) is 6.11. The second kappa shape index (κ2) is 5.28. The Bertz CT molecular complexity index is 698. The van der Waals surface area contributed by atoms with Crippen molar-refractivity contribution in [3.8, 4) is 11.5 Å². The molecule has 1 aromatic heterocycles. The number of carboxylic acids is 1. The summed E-state index contributed by atoms with van der Waals surface area (Å²) in [4.78, 5) is 10.7. The minimum Gasteiger partial charge on any atom is -0.497 e. The van der Waals surface area contributed by atoms with E-state index in [2.05, 4.69) is 0 Å². The molecule has 0 aliphatic heterocycles. The molecule has 5 nitrogen and oxygen atoms in total. The lowest BCUT2D eigenvalue weighted by Crippen LogP contribution is -1.93. The van der Waals surface area contributed by atoms with Crippen molar-refractivity contribution in [2.75, 3.05) is 14.2 Å². The van der Waals surface area contributed by atoms with Crippen LogP contribution in [0.25, 0.3) is 17.0 Å². The Kier molecular flexibility index (Phi) is 3.70. The molecule has 20 heavy (non-hydrogen) atoms. The Hall–Kier alpha value is -2.43. The number of aliphatic carboxylic acids is 1. The summed E-state index contributed by atoms with van der Waals surface area (Å²) >= 11 is 0. The van der Waals surface area contributed by atoms with Crippen molar-refractivity contribution in [2.24, 2.45) is 7.05 Å². The zero-order chi connectivity index (χ0) is 14.9. The lowest BCUT2D eigenvalue weighted by molar-refractivity contribution is -0.131. The maximum Gasteiger partial charge on any atom is 0.328 e. The van der Waals surface area contributed by atoms with E-state index in [-0.39, 0.29) is 0 Å². The Labute approximate surface area is 117 Å². The van der Waals surface area contributed by atoms with Crippen LogP contribution >= 0.6 is 0 Å². The third-order valence-corrected chi connectivity index (χ3v) is 3.38. The molecule has 0 aliphatic rings. The highest BCUT2D eigenvalue weighted by Crippen LogP contribution is 2.36. The van der Waals surface area contributed by atoms with E-state index in [9.17, 15) is 4.79 Å². The fraction of sp³-hybridized carbons (Fsp3) is 0.267. The minimum absolute atomic E-state index is 0.698. The number of methoxy groups -OCH3 is 2. The van der Waals surface area contributed by atoms with Crippen LogP contribution in [0.15, 0.2) is 18.2 Å². The molecular weight excluding hydrogens is 258 g/mol. The molecule has 0 spiro atoms. The van der Waals surface area contributed by atoms with Crippen LogP contribution in [0.1, 0.15) is 11.3 Å². The topological polar surface area (TPSA) is 60.7 Å². The van der Waals surface area contributed by atoms with Crippen molar-refractivity contribution in [1.29, 1.82) is 0 Å². The van der Waals surface area contributed by atoms with Gasteiger partial charge < -0.3 is 19.1 Å². The van der Waals surface area contributed by atoms with E-state index in [1.54, 1.807) is 20.3 Å². The van der Waals surface area contributed by atoms with Gasteiger partial charge in [0, 0.05) is 36.3 Å². The van der Waals surface area contributed by atoms with Crippen LogP contribution in [0.3, 0.4) is 0 Å². The lowest BCUT2D eigenvalue weighted by Gasteiger charge is -2.07. The molecule has 0 unspecified atom stereocenters. The summed E-state index contributed by atoms with van der Waals surface area (Å²) in [6.07, 6.45) is 2.72. The normalized spacial score (nSPS) is 11.2. The number of aromatic nitrogens is 1. The van der Waals surface area contributed by atoms with Crippen molar-refractivity contribution < 1.29 is 19.4 Å². The summed E-state index contributed by atoms with van der Waals surface area (Å²) in [5.74, 6) is 0.436. The van der Waals surface area contributed by atoms with Crippen molar-refractivity contribution >= 4 is 22.9 Å². The lowest BCUT2D eigenvalue weighted by atomic mass is 10.1. The molecular formula is C15H17NO4. The van der Waals surface area contributed by atoms with Crippen LogP contribution in [0.2, 0.25) is 0 Å². The molecule has 2 aromatic rings. The van der Waals surface area contributed by atoms with Crippen LogP contribution in [-0.4, -0.2) is 29.9 Å². The van der Waals surface area contributed by atoms with Gasteiger partial charge in [-0.15, -0.1) is 0 Å². The van der Waals surface area contributed by atoms with E-state index in [4.69, 9.17) is 14.6 Å². The molecule has 2 rings (SSSR count). The van der Waals surface area contributed by atoms with Gasteiger partial charge in [0.05, 0.1) is 19.7 Å². The van der Waals surface area contributed by atoms with E-state index < -0.39 is 5.97 Å². The number of hydrogen-bond donors (Lipinski definition) is 1. The summed E-state index contributed by atoms with van der Waals surface area (Å²) < 4.78 is 12.6. The van der Waals surface area contributed by atoms with Crippen molar-refractivity contribution in [2.45, 2.75) is 6.92 Å². The molecule has 0 bridgehead atoms. The highest BCUT2D eigenvalue weighted by atomic mass is 16.5. The van der Waals surface area contributed by atoms with E-state index in [0.717, 1.165) is 28.2 Å². The standard InChI is InChI=1S/C15H17NO4/c1-9-11(5-6-14(17)18)16(2)12-7-10(19-3)8-13(20-4)15(9)12/h5-8H,1-4H3,(H,17,18)/b6-5+. The second-order valence-corrected chi connectivity index (χ2v) is 4.46. The number of rotatable bonds is 4. The molecule has 1 aromatic carbocycles. The third-order valence-electron chi connectivity index (χ3n) is 3.38. The predicted molar refractivity (Wildman–Crippen MR) is 77.4 cm³/mol. The van der Waals surface area contributed by atoms with E-state index in [1.807, 2.05) is 30.7 Å². The predicted octanol–water partition coefficient (Wildman–Crippen LogP) is 2.60. The SMILES string of the molecule is COc1cc(OC)c2c(C)c(/C=C/C(=O)O)n(C)c2c1. The molecule has 1 N–H and O–H groups in total. The first-order valence-electron chi connectivity index (χ1n) is 6.11. The molecule has 1 heterocycles. The third kappa shape index (κ3) is 2.22. The van der Waals surface area contributed by atoms with Crippen LogP contribution < -0.4 is 9.47 Å². The number of nitrogens with zero attached hydrogens (tertiary/aromatic N) is 1. The number of aryl methyl sites for hydroxylation is 2. The molecule has 106 valence electrons. The van der Waals surface area contributed by atoms with Crippen LogP contribution in [0, 0.1) is 6.92 Å². The van der Waals surface area contributed by atoms with Gasteiger partial charge in [-0.25, -0.2) is 4.79 Å². The number of benzene rings is 1. The van der Waals surface area contributed by atoms with Crippen molar-refractivity contribution in [1.82, 2.24) is 4.57 Å². The smallest absolute Gasteiger partial charge is 0.328 e. The number of carboxylic acid groups (broad SMARTS) is 1. The molecule has 0 amide bonds. The monoisotopic (exact) mass is 275 g/mol. The summed E-state index contributed by atoms with van der Waals surface area (Å²) in [7, 11) is 5.09. The van der Waals surface area contributed by atoms with E-state index in [0.29, 0.717) is 11.5 Å². The Morgan fingerprint density at radius 2 is 2.00 bits per heavy atom. The van der Waals surface area contributed by atoms with Gasteiger partial charge in [0.1, 0.15) is 11.5 Å². The van der Waals surface area contributed by atoms with Crippen LogP contribution in [0.4, 0.5) is 0 Å². The first-order chi connectivity index (χ1) is 9.49. The van der Waals surface area contributed by atoms with Gasteiger partial charge in [-0.05, 0) is 18.6 Å². The average Bonchev–Trinajstić information content (AvgIpc) is 2.67. The van der Waals surface area contributed by atoms with E-state index >= 15 is 0 Å². The van der Waals surface area contributed by atoms with Crippen molar-refractivity contribution in [3.63, 3.8) is 0 Å². The van der Waals surface area contributed by atoms with Gasteiger partial charge in [-0.3, -0.25) is 0 Å². The molecule has 5 heteroatoms. The first kappa shape index (κ1) is 14.0. The number of carbonyl (C=O) groups is 1. The summed E-state index contributed by atoms with van der Waals surface area (Å²) in [5, 5.41) is 9.73. The molecule has 0 saturated heterocycles. The van der Waals surface area contributed by atoms with Gasteiger partial charge >= 0.3 is 5.97 Å². The maximum absolute atomic E-state index is 10.7. The number of fused-ring (bicyclic) bond motifs is 1. The van der Waals surface area contributed by atoms with Gasteiger partial charge in [0.25, 0.3) is 0 Å². The van der Waals surface area contributed by atoms with Gasteiger partial charge in [0.2, 0.25) is 0 Å². The fourth-order valence-electron chi connectivity index (χ4n) is 2.39. The molecule has 0 saturated carbocycles. The minimum atomic E-state index is -0.973.